The van der Waals surface area contributed by atoms with Crippen LogP contribution in [0.1, 0.15) is 13.8 Å². The Morgan fingerprint density at radius 1 is 1.50 bits per heavy atom. The molecule has 0 aromatic carbocycles. The standard InChI is InChI=1S/C4H10BS/c1-3-5-6-4-2/h3-4H2,1-2H3. The Balaban J connectivity index is 2.34. The van der Waals surface area contributed by atoms with Crippen molar-refractivity contribution in [2.75, 3.05) is 5.75 Å². The molecule has 0 atom stereocenters. The fourth-order valence-electron chi connectivity index (χ4n) is 0.236. The Kier molecular flexibility index (Phi) is 5.79. The summed E-state index contributed by atoms with van der Waals surface area (Å²) in [6.07, 6.45) is 1.19. The minimum Gasteiger partial charge on any atom is -0.218 e. The van der Waals surface area contributed by atoms with Crippen LogP contribution in [0.3, 0.4) is 0 Å². The van der Waals surface area contributed by atoms with Crippen LogP contribution in [0.5, 0.6) is 0 Å². The van der Waals surface area contributed by atoms with E-state index in [0.717, 1.165) is 0 Å². The van der Waals surface area contributed by atoms with Gasteiger partial charge in [-0.05, 0) is 5.75 Å². The van der Waals surface area contributed by atoms with Crippen molar-refractivity contribution in [3.8, 4) is 0 Å². The van der Waals surface area contributed by atoms with E-state index in [-0.39, 0.29) is 0 Å². The van der Waals surface area contributed by atoms with Gasteiger partial charge in [0.25, 0.3) is 0 Å². The third kappa shape index (κ3) is 4.41. The summed E-state index contributed by atoms with van der Waals surface area (Å²) in [4.78, 5) is 0. The number of hydrogen-bond donors (Lipinski definition) is 0. The molecule has 2 heteroatoms. The minimum atomic E-state index is 1.19. The van der Waals surface area contributed by atoms with E-state index in [1.807, 2.05) is 11.6 Å². The van der Waals surface area contributed by atoms with Gasteiger partial charge in [-0.2, -0.15) is 0 Å². The van der Waals surface area contributed by atoms with Crippen LogP contribution >= 0.6 is 11.6 Å². The van der Waals surface area contributed by atoms with Gasteiger partial charge in [0.2, 0.25) is 0 Å². The maximum Gasteiger partial charge on any atom is 0.191 e. The summed E-state index contributed by atoms with van der Waals surface area (Å²) in [5, 5.41) is 0. The molecule has 0 rings (SSSR count). The molecule has 0 unspecified atom stereocenters. The van der Waals surface area contributed by atoms with Crippen molar-refractivity contribution in [2.45, 2.75) is 20.2 Å². The SMILES string of the molecule is CC[B]SCC. The highest BCUT2D eigenvalue weighted by atomic mass is 32.2. The molecular formula is C4H10BS. The second kappa shape index (κ2) is 5.41. The van der Waals surface area contributed by atoms with E-state index in [4.69, 9.17) is 0 Å². The fourth-order valence-corrected chi connectivity index (χ4v) is 0.707. The van der Waals surface area contributed by atoms with Crippen molar-refractivity contribution in [3.05, 3.63) is 0 Å². The van der Waals surface area contributed by atoms with Crippen molar-refractivity contribution in [3.63, 3.8) is 0 Å². The number of hydrogen-bond acceptors (Lipinski definition) is 1. The highest BCUT2D eigenvalue weighted by Gasteiger charge is 1.78. The predicted molar refractivity (Wildman–Crippen MR) is 34.4 cm³/mol. The summed E-state index contributed by atoms with van der Waals surface area (Å²) in [5.74, 6) is 1.22. The van der Waals surface area contributed by atoms with E-state index in [0.29, 0.717) is 0 Å². The molecule has 0 aliphatic rings. The van der Waals surface area contributed by atoms with Gasteiger partial charge in [-0.1, -0.05) is 20.2 Å². The van der Waals surface area contributed by atoms with Crippen LogP contribution in [0, 0.1) is 0 Å². The zero-order valence-electron chi connectivity index (χ0n) is 4.40. The van der Waals surface area contributed by atoms with Crippen molar-refractivity contribution in [2.24, 2.45) is 0 Å². The van der Waals surface area contributed by atoms with Crippen LogP contribution < -0.4 is 0 Å². The zero-order valence-corrected chi connectivity index (χ0v) is 5.22. The molecule has 0 amide bonds. The van der Waals surface area contributed by atoms with Gasteiger partial charge >= 0.3 is 0 Å². The first-order valence-corrected chi connectivity index (χ1v) is 3.40. The third-order valence-electron chi connectivity index (χ3n) is 0.451. The molecule has 6 heavy (non-hydrogen) atoms. The first-order chi connectivity index (χ1) is 2.91. The Hall–Kier alpha value is 0.415. The molecule has 0 aromatic heterocycles. The highest BCUT2D eigenvalue weighted by Crippen LogP contribution is 1.95. The highest BCUT2D eigenvalue weighted by molar-refractivity contribution is 8.22. The number of rotatable bonds is 3. The predicted octanol–water partition coefficient (Wildman–Crippen LogP) is 1.80. The van der Waals surface area contributed by atoms with Crippen LogP contribution in [0.25, 0.3) is 0 Å². The van der Waals surface area contributed by atoms with Crippen LogP contribution in [0.2, 0.25) is 6.32 Å². The molecule has 0 aliphatic carbocycles. The van der Waals surface area contributed by atoms with Gasteiger partial charge < -0.3 is 0 Å². The van der Waals surface area contributed by atoms with Crippen LogP contribution in [0.4, 0.5) is 0 Å². The second-order valence-corrected chi connectivity index (χ2v) is 2.27. The first-order valence-electron chi connectivity index (χ1n) is 2.35. The summed E-state index contributed by atoms with van der Waals surface area (Å²) < 4.78 is 0. The van der Waals surface area contributed by atoms with Crippen LogP contribution in [-0.4, -0.2) is 12.3 Å². The van der Waals surface area contributed by atoms with E-state index in [1.165, 1.54) is 12.1 Å². The van der Waals surface area contributed by atoms with Gasteiger partial charge in [0.15, 0.2) is 6.56 Å². The van der Waals surface area contributed by atoms with E-state index in [2.05, 4.69) is 20.4 Å². The lowest BCUT2D eigenvalue weighted by atomic mass is 10.1. The molecule has 0 spiro atoms. The molecule has 0 saturated carbocycles. The topological polar surface area (TPSA) is 0 Å². The maximum absolute atomic E-state index is 2.22. The molecule has 1 radical (unpaired) electrons. The van der Waals surface area contributed by atoms with E-state index >= 15 is 0 Å². The normalized spacial score (nSPS) is 8.33. The lowest BCUT2D eigenvalue weighted by Gasteiger charge is -1.84. The van der Waals surface area contributed by atoms with Gasteiger partial charge in [-0.3, -0.25) is 0 Å². The Labute approximate surface area is 44.8 Å². The van der Waals surface area contributed by atoms with Crippen LogP contribution in [-0.2, 0) is 0 Å². The van der Waals surface area contributed by atoms with Gasteiger partial charge in [-0.15, -0.1) is 0 Å². The molecule has 0 aromatic rings. The largest absolute Gasteiger partial charge is 0.218 e. The summed E-state index contributed by atoms with van der Waals surface area (Å²) in [5.41, 5.74) is 0. The van der Waals surface area contributed by atoms with Crippen molar-refractivity contribution in [1.29, 1.82) is 0 Å². The summed E-state index contributed by atoms with van der Waals surface area (Å²) in [7, 11) is 0. The average molecular weight is 101 g/mol. The van der Waals surface area contributed by atoms with Crippen LogP contribution in [0.15, 0.2) is 0 Å². The molecule has 0 nitrogen and oxygen atoms in total. The smallest absolute Gasteiger partial charge is 0.191 e. The fraction of sp³-hybridized carbons (Fsp3) is 1.00. The Bertz CT molecular complexity index is 19.5. The average Bonchev–Trinajstić information content (AvgIpc) is 1.61. The molecule has 0 N–H and O–H groups in total. The van der Waals surface area contributed by atoms with Gasteiger partial charge in [0.1, 0.15) is 0 Å². The summed E-state index contributed by atoms with van der Waals surface area (Å²) >= 11 is 1.88. The van der Waals surface area contributed by atoms with Crippen molar-refractivity contribution < 1.29 is 0 Å². The second-order valence-electron chi connectivity index (χ2n) is 1.03. The van der Waals surface area contributed by atoms with E-state index in [1.54, 1.807) is 0 Å². The molecule has 0 saturated heterocycles. The molecule has 0 aliphatic heterocycles. The monoisotopic (exact) mass is 101 g/mol. The Morgan fingerprint density at radius 2 is 2.17 bits per heavy atom. The van der Waals surface area contributed by atoms with Crippen molar-refractivity contribution >= 4 is 18.2 Å². The van der Waals surface area contributed by atoms with Crippen molar-refractivity contribution in [1.82, 2.24) is 0 Å². The van der Waals surface area contributed by atoms with Gasteiger partial charge in [-0.25, -0.2) is 11.6 Å². The minimum absolute atomic E-state index is 1.19. The van der Waals surface area contributed by atoms with Gasteiger partial charge in [0, 0.05) is 0 Å². The molecular weight excluding hydrogens is 90.9 g/mol. The lowest BCUT2D eigenvalue weighted by molar-refractivity contribution is 1.47. The molecule has 35 valence electrons. The lowest BCUT2D eigenvalue weighted by Crippen LogP contribution is -1.76. The van der Waals surface area contributed by atoms with Gasteiger partial charge in [0.05, 0.1) is 0 Å². The first kappa shape index (κ1) is 6.41. The quantitative estimate of drug-likeness (QED) is 0.385. The van der Waals surface area contributed by atoms with E-state index in [9.17, 15) is 0 Å². The molecule has 0 heterocycles. The third-order valence-corrected chi connectivity index (χ3v) is 1.35. The molecule has 0 fully saturated rings. The molecule has 0 bridgehead atoms. The Morgan fingerprint density at radius 3 is 2.33 bits per heavy atom. The maximum atomic E-state index is 2.22. The summed E-state index contributed by atoms with van der Waals surface area (Å²) in [6.45, 7) is 6.54. The summed E-state index contributed by atoms with van der Waals surface area (Å²) in [6, 6.07) is 0. The zero-order chi connectivity index (χ0) is 4.83. The van der Waals surface area contributed by atoms with E-state index < -0.39 is 0 Å².